The first-order valence-electron chi connectivity index (χ1n) is 7.18. The van der Waals surface area contributed by atoms with Crippen LogP contribution in [-0.4, -0.2) is 36.7 Å². The molecule has 1 aliphatic rings. The molecule has 0 bridgehead atoms. The summed E-state index contributed by atoms with van der Waals surface area (Å²) in [5.74, 6) is 0. The number of hydrazone groups is 1. The van der Waals surface area contributed by atoms with Gasteiger partial charge in [0, 0.05) is 29.8 Å². The van der Waals surface area contributed by atoms with Gasteiger partial charge >= 0.3 is 12.3 Å². The fourth-order valence-electron chi connectivity index (χ4n) is 1.96. The van der Waals surface area contributed by atoms with Crippen LogP contribution in [0.4, 0.5) is 23.7 Å². The number of hydrogen-bond acceptors (Lipinski definition) is 5. The molecule has 0 aliphatic carbocycles. The molecule has 0 saturated heterocycles. The first-order valence-corrected chi connectivity index (χ1v) is 7.18. The minimum atomic E-state index is -4.57. The summed E-state index contributed by atoms with van der Waals surface area (Å²) in [5.41, 5.74) is 0.953. The Hall–Kier alpha value is -2.29. The molecule has 1 aromatic rings. The second-order valence-electron chi connectivity index (χ2n) is 6.18. The number of nitrogens with one attached hydrogen (secondary N) is 2. The fourth-order valence-corrected chi connectivity index (χ4v) is 1.96. The number of rotatable bonds is 5. The van der Waals surface area contributed by atoms with Gasteiger partial charge in [0.2, 0.25) is 0 Å². The van der Waals surface area contributed by atoms with E-state index in [1.807, 2.05) is 0 Å². The van der Waals surface area contributed by atoms with Crippen LogP contribution in [0.25, 0.3) is 0 Å². The summed E-state index contributed by atoms with van der Waals surface area (Å²) in [6.07, 6.45) is -5.32. The van der Waals surface area contributed by atoms with E-state index in [1.54, 1.807) is 13.8 Å². The normalized spacial score (nSPS) is 15.4. The smallest absolute Gasteiger partial charge is 0.428 e. The minimum absolute atomic E-state index is 0.0888. The summed E-state index contributed by atoms with van der Waals surface area (Å²) in [7, 11) is 0. The standard InChI is InChI=1S/C15H18F3N3O3/c1-14(2,8-22)7-19-11-4-3-9(5-10(11)15(16,17)18)12-6-24-13(23)21-20-12/h3-5,19,22H,6-8H2,1-2H3,(H,21,23). The molecule has 1 aromatic carbocycles. The number of aliphatic hydroxyl groups is 1. The number of halogens is 3. The molecule has 0 fully saturated rings. The third-order valence-corrected chi connectivity index (χ3v) is 3.47. The summed E-state index contributed by atoms with van der Waals surface area (Å²) >= 11 is 0. The van der Waals surface area contributed by atoms with Gasteiger partial charge in [0.25, 0.3) is 0 Å². The topological polar surface area (TPSA) is 83.0 Å². The van der Waals surface area contributed by atoms with Crippen LogP contribution in [0.15, 0.2) is 23.3 Å². The van der Waals surface area contributed by atoms with E-state index in [0.717, 1.165) is 6.07 Å². The zero-order chi connectivity index (χ0) is 18.0. The van der Waals surface area contributed by atoms with E-state index in [4.69, 9.17) is 4.74 Å². The molecule has 132 valence electrons. The van der Waals surface area contributed by atoms with Gasteiger partial charge in [-0.2, -0.15) is 18.3 Å². The van der Waals surface area contributed by atoms with Gasteiger partial charge in [0.15, 0.2) is 0 Å². The molecule has 0 spiro atoms. The Balaban J connectivity index is 2.31. The molecule has 0 radical (unpaired) electrons. The van der Waals surface area contributed by atoms with Crippen LogP contribution in [0, 0.1) is 5.41 Å². The highest BCUT2D eigenvalue weighted by Gasteiger charge is 2.34. The summed E-state index contributed by atoms with van der Waals surface area (Å²) < 4.78 is 44.7. The first-order chi connectivity index (χ1) is 11.1. The molecule has 1 aliphatic heterocycles. The summed E-state index contributed by atoms with van der Waals surface area (Å²) in [6.45, 7) is 3.28. The van der Waals surface area contributed by atoms with Crippen LogP contribution in [0.2, 0.25) is 0 Å². The van der Waals surface area contributed by atoms with Crippen LogP contribution in [0.1, 0.15) is 25.0 Å². The number of carbonyl (C=O) groups is 1. The number of carbonyl (C=O) groups excluding carboxylic acids is 1. The van der Waals surface area contributed by atoms with E-state index in [9.17, 15) is 23.1 Å². The number of hydrogen-bond donors (Lipinski definition) is 3. The second kappa shape index (κ2) is 6.68. The van der Waals surface area contributed by atoms with Crippen LogP contribution in [-0.2, 0) is 10.9 Å². The molecular formula is C15H18F3N3O3. The molecule has 24 heavy (non-hydrogen) atoms. The van der Waals surface area contributed by atoms with Gasteiger partial charge in [-0.1, -0.05) is 19.9 Å². The highest BCUT2D eigenvalue weighted by atomic mass is 19.4. The predicted molar refractivity (Wildman–Crippen MR) is 81.8 cm³/mol. The van der Waals surface area contributed by atoms with Crippen molar-refractivity contribution in [3.63, 3.8) is 0 Å². The summed E-state index contributed by atoms with van der Waals surface area (Å²) in [5, 5.41) is 15.6. The molecule has 0 saturated carbocycles. The number of benzene rings is 1. The van der Waals surface area contributed by atoms with E-state index in [0.29, 0.717) is 0 Å². The maximum absolute atomic E-state index is 13.3. The fraction of sp³-hybridized carbons (Fsp3) is 0.467. The average molecular weight is 345 g/mol. The highest BCUT2D eigenvalue weighted by Crippen LogP contribution is 2.36. The lowest BCUT2D eigenvalue weighted by atomic mass is 9.94. The van der Waals surface area contributed by atoms with Gasteiger partial charge in [-0.05, 0) is 12.1 Å². The second-order valence-corrected chi connectivity index (χ2v) is 6.18. The van der Waals surface area contributed by atoms with Crippen molar-refractivity contribution in [2.45, 2.75) is 20.0 Å². The first kappa shape index (κ1) is 18.1. The molecule has 6 nitrogen and oxygen atoms in total. The lowest BCUT2D eigenvalue weighted by Gasteiger charge is -2.24. The highest BCUT2D eigenvalue weighted by molar-refractivity contribution is 6.04. The Kier molecular flexibility index (Phi) is 5.02. The van der Waals surface area contributed by atoms with Gasteiger partial charge in [0.05, 0.1) is 5.56 Å². The van der Waals surface area contributed by atoms with E-state index >= 15 is 0 Å². The number of ether oxygens (including phenoxy) is 1. The number of anilines is 1. The van der Waals surface area contributed by atoms with Gasteiger partial charge in [-0.15, -0.1) is 0 Å². The van der Waals surface area contributed by atoms with Crippen molar-refractivity contribution in [1.82, 2.24) is 5.43 Å². The molecule has 1 amide bonds. The summed E-state index contributed by atoms with van der Waals surface area (Å²) in [4.78, 5) is 10.9. The molecule has 2 rings (SSSR count). The minimum Gasteiger partial charge on any atom is -0.442 e. The Morgan fingerprint density at radius 2 is 2.08 bits per heavy atom. The number of alkyl halides is 3. The molecular weight excluding hydrogens is 327 g/mol. The Morgan fingerprint density at radius 1 is 1.38 bits per heavy atom. The van der Waals surface area contributed by atoms with E-state index < -0.39 is 23.2 Å². The molecule has 3 N–H and O–H groups in total. The molecule has 0 aromatic heterocycles. The van der Waals surface area contributed by atoms with Crippen molar-refractivity contribution in [2.24, 2.45) is 10.5 Å². The Morgan fingerprint density at radius 3 is 2.62 bits per heavy atom. The lowest BCUT2D eigenvalue weighted by molar-refractivity contribution is -0.137. The SMILES string of the molecule is CC(C)(CO)CNc1ccc(C2=NNC(=O)OC2)cc1C(F)(F)F. The van der Waals surface area contributed by atoms with Crippen molar-refractivity contribution in [2.75, 3.05) is 25.1 Å². The van der Waals surface area contributed by atoms with Crippen LogP contribution < -0.4 is 10.7 Å². The monoisotopic (exact) mass is 345 g/mol. The van der Waals surface area contributed by atoms with Crippen LogP contribution in [0.5, 0.6) is 0 Å². The van der Waals surface area contributed by atoms with E-state index in [2.05, 4.69) is 15.8 Å². The van der Waals surface area contributed by atoms with Crippen molar-refractivity contribution in [3.8, 4) is 0 Å². The quantitative estimate of drug-likeness (QED) is 0.766. The van der Waals surface area contributed by atoms with Gasteiger partial charge in [-0.25, -0.2) is 10.2 Å². The lowest BCUT2D eigenvalue weighted by Crippen LogP contribution is -2.31. The third kappa shape index (κ3) is 4.38. The maximum atomic E-state index is 13.3. The molecule has 0 unspecified atom stereocenters. The largest absolute Gasteiger partial charge is 0.442 e. The van der Waals surface area contributed by atoms with Crippen molar-refractivity contribution in [3.05, 3.63) is 29.3 Å². The van der Waals surface area contributed by atoms with Crippen LogP contribution in [0.3, 0.4) is 0 Å². The third-order valence-electron chi connectivity index (χ3n) is 3.47. The van der Waals surface area contributed by atoms with Gasteiger partial charge in [0.1, 0.15) is 12.3 Å². The molecule has 1 heterocycles. The zero-order valence-corrected chi connectivity index (χ0v) is 13.2. The van der Waals surface area contributed by atoms with Crippen molar-refractivity contribution in [1.29, 1.82) is 0 Å². The van der Waals surface area contributed by atoms with Crippen molar-refractivity contribution < 1.29 is 27.8 Å². The number of nitrogens with zero attached hydrogens (tertiary/aromatic N) is 1. The van der Waals surface area contributed by atoms with Gasteiger partial charge in [-0.3, -0.25) is 0 Å². The number of amides is 1. The predicted octanol–water partition coefficient (Wildman–Crippen LogP) is 2.58. The van der Waals surface area contributed by atoms with E-state index in [1.165, 1.54) is 12.1 Å². The van der Waals surface area contributed by atoms with Gasteiger partial charge < -0.3 is 15.2 Å². The average Bonchev–Trinajstić information content (AvgIpc) is 2.53. The Labute approximate surface area is 136 Å². The van der Waals surface area contributed by atoms with Crippen LogP contribution >= 0.6 is 0 Å². The van der Waals surface area contributed by atoms with Crippen molar-refractivity contribution >= 4 is 17.5 Å². The Bertz CT molecular complexity index is 657. The zero-order valence-electron chi connectivity index (χ0n) is 13.2. The number of cyclic esters (lactones) is 1. The van der Waals surface area contributed by atoms with E-state index in [-0.39, 0.29) is 36.7 Å². The summed E-state index contributed by atoms with van der Waals surface area (Å²) in [6, 6.07) is 3.71. The molecule has 9 heteroatoms. The maximum Gasteiger partial charge on any atom is 0.428 e. The number of aliphatic hydroxyl groups excluding tert-OH is 1. The molecule has 0 atom stereocenters.